The molecule has 0 aliphatic rings. The van der Waals surface area contributed by atoms with Gasteiger partial charge in [0.15, 0.2) is 6.19 Å². The molecule has 0 aromatic heterocycles. The number of hydrogen-bond donors (Lipinski definition) is 1. The van der Waals surface area contributed by atoms with Crippen LogP contribution in [0.25, 0.3) is 0 Å². The van der Waals surface area contributed by atoms with Gasteiger partial charge in [0, 0.05) is 13.0 Å². The molecule has 0 heterocycles. The van der Waals surface area contributed by atoms with Crippen LogP contribution in [-0.4, -0.2) is 31.4 Å². The maximum absolute atomic E-state index is 10.6. The second-order valence-corrected chi connectivity index (χ2v) is 2.21. The van der Waals surface area contributed by atoms with Crippen LogP contribution < -0.4 is 5.32 Å². The molecule has 0 saturated carbocycles. The summed E-state index contributed by atoms with van der Waals surface area (Å²) in [5, 5.41) is 10.0. The first-order valence-electron chi connectivity index (χ1n) is 2.99. The quantitative estimate of drug-likeness (QED) is 0.427. The van der Waals surface area contributed by atoms with Gasteiger partial charge < -0.3 is 4.90 Å². The molecule has 1 amide bonds. The molecule has 0 rings (SSSR count). The SMILES string of the molecule is CN(C)CCC(=O)NC#N. The van der Waals surface area contributed by atoms with Gasteiger partial charge >= 0.3 is 0 Å². The van der Waals surface area contributed by atoms with E-state index < -0.39 is 0 Å². The van der Waals surface area contributed by atoms with Gasteiger partial charge in [0.05, 0.1) is 0 Å². The zero-order chi connectivity index (χ0) is 7.98. The summed E-state index contributed by atoms with van der Waals surface area (Å²) < 4.78 is 0. The van der Waals surface area contributed by atoms with E-state index in [1.54, 1.807) is 6.19 Å². The fourth-order valence-electron chi connectivity index (χ4n) is 0.450. The highest BCUT2D eigenvalue weighted by Gasteiger charge is 1.98. The standard InChI is InChI=1S/C6H11N3O/c1-9(2)4-3-6(10)8-5-7/h3-4H2,1-2H3,(H,8,10). The van der Waals surface area contributed by atoms with Gasteiger partial charge in [-0.15, -0.1) is 0 Å². The van der Waals surface area contributed by atoms with Crippen LogP contribution in [0.1, 0.15) is 6.42 Å². The lowest BCUT2D eigenvalue weighted by molar-refractivity contribution is -0.120. The van der Waals surface area contributed by atoms with Gasteiger partial charge in [-0.25, -0.2) is 0 Å². The Hall–Kier alpha value is -1.08. The van der Waals surface area contributed by atoms with E-state index >= 15 is 0 Å². The molecule has 4 nitrogen and oxygen atoms in total. The van der Waals surface area contributed by atoms with E-state index in [2.05, 4.69) is 0 Å². The summed E-state index contributed by atoms with van der Waals surface area (Å²) in [4.78, 5) is 12.5. The van der Waals surface area contributed by atoms with Crippen molar-refractivity contribution in [3.8, 4) is 6.19 Å². The maximum Gasteiger partial charge on any atom is 0.234 e. The summed E-state index contributed by atoms with van der Waals surface area (Å²) >= 11 is 0. The molecule has 56 valence electrons. The van der Waals surface area contributed by atoms with Crippen LogP contribution >= 0.6 is 0 Å². The van der Waals surface area contributed by atoms with Gasteiger partial charge in [-0.05, 0) is 14.1 Å². The third-order valence-corrected chi connectivity index (χ3v) is 0.981. The van der Waals surface area contributed by atoms with Crippen molar-refractivity contribution in [3.63, 3.8) is 0 Å². The van der Waals surface area contributed by atoms with Crippen molar-refractivity contribution in [1.29, 1.82) is 5.26 Å². The van der Waals surface area contributed by atoms with Gasteiger partial charge in [0.1, 0.15) is 0 Å². The van der Waals surface area contributed by atoms with E-state index in [0.29, 0.717) is 13.0 Å². The van der Waals surface area contributed by atoms with Crippen LogP contribution in [0.3, 0.4) is 0 Å². The summed E-state index contributed by atoms with van der Waals surface area (Å²) in [6.45, 7) is 0.674. The number of rotatable bonds is 3. The highest BCUT2D eigenvalue weighted by atomic mass is 16.1. The summed E-state index contributed by atoms with van der Waals surface area (Å²) in [7, 11) is 3.75. The van der Waals surface area contributed by atoms with E-state index in [1.807, 2.05) is 24.3 Å². The largest absolute Gasteiger partial charge is 0.309 e. The first-order valence-corrected chi connectivity index (χ1v) is 2.99. The van der Waals surface area contributed by atoms with Crippen LogP contribution in [0.4, 0.5) is 0 Å². The van der Waals surface area contributed by atoms with Gasteiger partial charge in [-0.1, -0.05) is 0 Å². The predicted octanol–water partition coefficient (Wildman–Crippen LogP) is -0.465. The zero-order valence-electron chi connectivity index (χ0n) is 6.22. The molecule has 0 bridgehead atoms. The number of carbonyl (C=O) groups excluding carboxylic acids is 1. The van der Waals surface area contributed by atoms with Crippen LogP contribution in [0.5, 0.6) is 0 Å². The van der Waals surface area contributed by atoms with Gasteiger partial charge in [0.25, 0.3) is 0 Å². The molecule has 0 saturated heterocycles. The number of carbonyl (C=O) groups is 1. The summed E-state index contributed by atoms with van der Waals surface area (Å²) in [5.74, 6) is -0.226. The fourth-order valence-corrected chi connectivity index (χ4v) is 0.450. The van der Waals surface area contributed by atoms with Crippen molar-refractivity contribution in [1.82, 2.24) is 10.2 Å². The molecule has 4 heteroatoms. The molecule has 0 aromatic rings. The molecule has 0 fully saturated rings. The zero-order valence-corrected chi connectivity index (χ0v) is 6.22. The van der Waals surface area contributed by atoms with Crippen LogP contribution in [0.2, 0.25) is 0 Å². The Kier molecular flexibility index (Phi) is 4.25. The molecule has 0 aliphatic carbocycles. The Balaban J connectivity index is 3.33. The highest BCUT2D eigenvalue weighted by Crippen LogP contribution is 1.81. The van der Waals surface area contributed by atoms with Gasteiger partial charge in [-0.2, -0.15) is 5.26 Å². The first-order chi connectivity index (χ1) is 4.66. The second-order valence-electron chi connectivity index (χ2n) is 2.21. The highest BCUT2D eigenvalue weighted by molar-refractivity contribution is 5.77. The summed E-state index contributed by atoms with van der Waals surface area (Å²) in [6.07, 6.45) is 1.95. The molecule has 0 aliphatic heterocycles. The second kappa shape index (κ2) is 4.77. The Bertz CT molecular complexity index is 148. The van der Waals surface area contributed by atoms with Gasteiger partial charge in [0.2, 0.25) is 5.91 Å². The van der Waals surface area contributed by atoms with E-state index in [4.69, 9.17) is 5.26 Å². The predicted molar refractivity (Wildman–Crippen MR) is 36.9 cm³/mol. The van der Waals surface area contributed by atoms with Crippen LogP contribution in [0, 0.1) is 11.5 Å². The molecule has 1 N–H and O–H groups in total. The topological polar surface area (TPSA) is 56.1 Å². The molecule has 10 heavy (non-hydrogen) atoms. The minimum Gasteiger partial charge on any atom is -0.309 e. The number of amides is 1. The third kappa shape index (κ3) is 5.06. The van der Waals surface area contributed by atoms with E-state index in [-0.39, 0.29) is 5.91 Å². The van der Waals surface area contributed by atoms with Crippen LogP contribution in [0.15, 0.2) is 0 Å². The third-order valence-electron chi connectivity index (χ3n) is 0.981. The number of nitrogens with zero attached hydrogens (tertiary/aromatic N) is 2. The van der Waals surface area contributed by atoms with Crippen molar-refractivity contribution in [2.75, 3.05) is 20.6 Å². The Morgan fingerprint density at radius 2 is 2.30 bits per heavy atom. The number of nitriles is 1. The smallest absolute Gasteiger partial charge is 0.234 e. The normalized spacial score (nSPS) is 9.00. The fraction of sp³-hybridized carbons (Fsp3) is 0.667. The minimum absolute atomic E-state index is 0.226. The molecule has 0 radical (unpaired) electrons. The minimum atomic E-state index is -0.226. The summed E-state index contributed by atoms with van der Waals surface area (Å²) in [6, 6.07) is 0. The van der Waals surface area contributed by atoms with Crippen molar-refractivity contribution in [3.05, 3.63) is 0 Å². The Labute approximate surface area is 60.4 Å². The van der Waals surface area contributed by atoms with E-state index in [0.717, 1.165) is 0 Å². The lowest BCUT2D eigenvalue weighted by atomic mass is 10.4. The average Bonchev–Trinajstić information content (AvgIpc) is 1.85. The van der Waals surface area contributed by atoms with Crippen LogP contribution in [-0.2, 0) is 4.79 Å². The van der Waals surface area contributed by atoms with Crippen molar-refractivity contribution < 1.29 is 4.79 Å². The Morgan fingerprint density at radius 3 is 2.70 bits per heavy atom. The maximum atomic E-state index is 10.6. The molecule has 0 aromatic carbocycles. The lowest BCUT2D eigenvalue weighted by Gasteiger charge is -2.06. The van der Waals surface area contributed by atoms with Crippen molar-refractivity contribution in [2.24, 2.45) is 0 Å². The lowest BCUT2D eigenvalue weighted by Crippen LogP contribution is -2.23. The average molecular weight is 141 g/mol. The molecule has 0 spiro atoms. The van der Waals surface area contributed by atoms with E-state index in [9.17, 15) is 4.79 Å². The molecule has 0 atom stereocenters. The van der Waals surface area contributed by atoms with Gasteiger partial charge in [-0.3, -0.25) is 10.1 Å². The summed E-state index contributed by atoms with van der Waals surface area (Å²) in [5.41, 5.74) is 0. The van der Waals surface area contributed by atoms with Crippen molar-refractivity contribution >= 4 is 5.91 Å². The molecular weight excluding hydrogens is 130 g/mol. The Morgan fingerprint density at radius 1 is 1.70 bits per heavy atom. The number of hydrogen-bond acceptors (Lipinski definition) is 3. The van der Waals surface area contributed by atoms with E-state index in [1.165, 1.54) is 0 Å². The monoisotopic (exact) mass is 141 g/mol. The first kappa shape index (κ1) is 8.92. The molecule has 0 unspecified atom stereocenters. The van der Waals surface area contributed by atoms with Crippen molar-refractivity contribution in [2.45, 2.75) is 6.42 Å². The number of nitrogens with one attached hydrogen (secondary N) is 1. The molecular formula is C6H11N3O.